The Bertz CT molecular complexity index is 681. The van der Waals surface area contributed by atoms with Crippen LogP contribution >= 0.6 is 11.3 Å². The summed E-state index contributed by atoms with van der Waals surface area (Å²) >= 11 is 1.54. The first kappa shape index (κ1) is 16.1. The average molecular weight is 329 g/mol. The van der Waals surface area contributed by atoms with E-state index in [9.17, 15) is 4.79 Å². The zero-order valence-corrected chi connectivity index (χ0v) is 14.8. The van der Waals surface area contributed by atoms with Gasteiger partial charge in [-0.15, -0.1) is 11.3 Å². The van der Waals surface area contributed by atoms with Crippen molar-refractivity contribution in [2.75, 3.05) is 6.54 Å². The van der Waals surface area contributed by atoms with Crippen molar-refractivity contribution >= 4 is 17.2 Å². The van der Waals surface area contributed by atoms with Gasteiger partial charge in [0, 0.05) is 18.7 Å². The summed E-state index contributed by atoms with van der Waals surface area (Å²) in [7, 11) is 0. The van der Waals surface area contributed by atoms with Gasteiger partial charge < -0.3 is 4.90 Å². The number of thiazole rings is 1. The van der Waals surface area contributed by atoms with Crippen molar-refractivity contribution in [1.82, 2.24) is 14.9 Å². The quantitative estimate of drug-likeness (QED) is 0.841. The fraction of sp³-hybridized carbons (Fsp3) is 0.500. The Kier molecular flexibility index (Phi) is 4.76. The molecule has 1 aliphatic rings. The monoisotopic (exact) mass is 329 g/mol. The highest BCUT2D eigenvalue weighted by Gasteiger charge is 2.31. The lowest BCUT2D eigenvalue weighted by Gasteiger charge is -2.35. The minimum Gasteiger partial charge on any atom is -0.329 e. The molecule has 1 saturated heterocycles. The van der Waals surface area contributed by atoms with Gasteiger partial charge in [-0.3, -0.25) is 9.78 Å². The molecule has 0 unspecified atom stereocenters. The summed E-state index contributed by atoms with van der Waals surface area (Å²) in [6, 6.07) is 6.02. The number of amides is 1. The number of rotatable bonds is 3. The van der Waals surface area contributed by atoms with Crippen molar-refractivity contribution in [3.05, 3.63) is 45.7 Å². The number of piperidine rings is 1. The second-order valence-electron chi connectivity index (χ2n) is 6.39. The summed E-state index contributed by atoms with van der Waals surface area (Å²) in [5, 5.41) is 1.04. The molecule has 0 saturated carbocycles. The van der Waals surface area contributed by atoms with Gasteiger partial charge in [-0.2, -0.15) is 0 Å². The number of hydrogen-bond donors (Lipinski definition) is 0. The molecule has 0 N–H and O–H groups in total. The van der Waals surface area contributed by atoms with E-state index in [0.717, 1.165) is 47.1 Å². The summed E-state index contributed by atoms with van der Waals surface area (Å²) in [6.45, 7) is 6.97. The molecule has 1 fully saturated rings. The minimum atomic E-state index is 0.0847. The molecular weight excluding hydrogens is 306 g/mol. The Hall–Kier alpha value is -1.75. The standard InChI is InChI=1S/C18H23N3OS/c1-12(2)17-20-13(3)16(23-17)18(22)21-11-7-5-9-15(21)14-8-4-6-10-19-14/h4,6,8,10,12,15H,5,7,9,11H2,1-3H3/t15-/m1/s1. The molecule has 0 spiro atoms. The minimum absolute atomic E-state index is 0.0847. The Morgan fingerprint density at radius 1 is 1.35 bits per heavy atom. The molecule has 3 rings (SSSR count). The van der Waals surface area contributed by atoms with E-state index in [1.54, 1.807) is 17.5 Å². The Balaban J connectivity index is 1.90. The highest BCUT2D eigenvalue weighted by Crippen LogP contribution is 2.33. The number of aromatic nitrogens is 2. The lowest BCUT2D eigenvalue weighted by atomic mass is 9.98. The van der Waals surface area contributed by atoms with Crippen molar-refractivity contribution < 1.29 is 4.79 Å². The largest absolute Gasteiger partial charge is 0.329 e. The van der Waals surface area contributed by atoms with E-state index in [1.807, 2.05) is 30.0 Å². The molecule has 4 nitrogen and oxygen atoms in total. The Morgan fingerprint density at radius 3 is 2.83 bits per heavy atom. The van der Waals surface area contributed by atoms with Crippen molar-refractivity contribution in [2.24, 2.45) is 0 Å². The van der Waals surface area contributed by atoms with E-state index in [2.05, 4.69) is 23.8 Å². The molecule has 2 aromatic rings. The van der Waals surface area contributed by atoms with E-state index in [0.29, 0.717) is 5.92 Å². The van der Waals surface area contributed by atoms with Crippen molar-refractivity contribution in [1.29, 1.82) is 0 Å². The molecule has 0 aromatic carbocycles. The Labute approximate surface area is 141 Å². The second-order valence-corrected chi connectivity index (χ2v) is 7.42. The maximum Gasteiger partial charge on any atom is 0.266 e. The van der Waals surface area contributed by atoms with Gasteiger partial charge in [0.25, 0.3) is 5.91 Å². The topological polar surface area (TPSA) is 46.1 Å². The van der Waals surface area contributed by atoms with Gasteiger partial charge >= 0.3 is 0 Å². The SMILES string of the molecule is Cc1nc(C(C)C)sc1C(=O)N1CCCC[C@@H]1c1ccccn1. The number of carbonyl (C=O) groups excluding carboxylic acids is 1. The van der Waals surface area contributed by atoms with Crippen LogP contribution in [0.2, 0.25) is 0 Å². The molecule has 2 aromatic heterocycles. The third kappa shape index (κ3) is 3.29. The first-order valence-corrected chi connectivity index (χ1v) is 9.08. The number of pyridine rings is 1. The zero-order chi connectivity index (χ0) is 16.4. The van der Waals surface area contributed by atoms with Gasteiger partial charge in [-0.25, -0.2) is 4.98 Å². The summed E-state index contributed by atoms with van der Waals surface area (Å²) in [5.41, 5.74) is 1.85. The normalized spacial score (nSPS) is 18.4. The fourth-order valence-corrected chi connectivity index (χ4v) is 4.07. The molecule has 122 valence electrons. The van der Waals surface area contributed by atoms with Gasteiger partial charge in [0.05, 0.1) is 22.4 Å². The molecule has 1 atom stereocenters. The first-order valence-electron chi connectivity index (χ1n) is 8.27. The van der Waals surface area contributed by atoms with Crippen LogP contribution in [0.5, 0.6) is 0 Å². The van der Waals surface area contributed by atoms with Crippen LogP contribution in [0.3, 0.4) is 0 Å². The van der Waals surface area contributed by atoms with Crippen LogP contribution in [-0.4, -0.2) is 27.3 Å². The second kappa shape index (κ2) is 6.79. The van der Waals surface area contributed by atoms with E-state index in [-0.39, 0.29) is 11.9 Å². The maximum absolute atomic E-state index is 13.1. The lowest BCUT2D eigenvalue weighted by Crippen LogP contribution is -2.38. The number of likely N-dealkylation sites (tertiary alicyclic amines) is 1. The number of aryl methyl sites for hydroxylation is 1. The highest BCUT2D eigenvalue weighted by molar-refractivity contribution is 7.13. The molecule has 23 heavy (non-hydrogen) atoms. The first-order chi connectivity index (χ1) is 11.1. The number of carbonyl (C=O) groups is 1. The smallest absolute Gasteiger partial charge is 0.266 e. The van der Waals surface area contributed by atoms with Crippen LogP contribution in [0.15, 0.2) is 24.4 Å². The highest BCUT2D eigenvalue weighted by atomic mass is 32.1. The van der Waals surface area contributed by atoms with Crippen LogP contribution in [-0.2, 0) is 0 Å². The summed E-state index contributed by atoms with van der Waals surface area (Å²) < 4.78 is 0. The van der Waals surface area contributed by atoms with E-state index >= 15 is 0 Å². The third-order valence-electron chi connectivity index (χ3n) is 4.29. The van der Waals surface area contributed by atoms with Crippen molar-refractivity contribution in [3.8, 4) is 0 Å². The molecule has 0 bridgehead atoms. The molecule has 1 aliphatic heterocycles. The predicted molar refractivity (Wildman–Crippen MR) is 92.8 cm³/mol. The zero-order valence-electron chi connectivity index (χ0n) is 14.0. The van der Waals surface area contributed by atoms with E-state index < -0.39 is 0 Å². The molecule has 0 radical (unpaired) electrons. The van der Waals surface area contributed by atoms with Crippen LogP contribution < -0.4 is 0 Å². The molecule has 1 amide bonds. The molecule has 3 heterocycles. The van der Waals surface area contributed by atoms with E-state index in [4.69, 9.17) is 0 Å². The molecule has 0 aliphatic carbocycles. The summed E-state index contributed by atoms with van der Waals surface area (Å²) in [5.74, 6) is 0.468. The van der Waals surface area contributed by atoms with Crippen molar-refractivity contribution in [3.63, 3.8) is 0 Å². The van der Waals surface area contributed by atoms with Gasteiger partial charge in [0.1, 0.15) is 4.88 Å². The van der Waals surface area contributed by atoms with Crippen LogP contribution in [0, 0.1) is 6.92 Å². The lowest BCUT2D eigenvalue weighted by molar-refractivity contribution is 0.0610. The van der Waals surface area contributed by atoms with Crippen LogP contribution in [0.25, 0.3) is 0 Å². The van der Waals surface area contributed by atoms with Crippen molar-refractivity contribution in [2.45, 2.75) is 52.0 Å². The van der Waals surface area contributed by atoms with Crippen LogP contribution in [0.1, 0.15) is 71.1 Å². The number of nitrogens with zero attached hydrogens (tertiary/aromatic N) is 3. The fourth-order valence-electron chi connectivity index (χ4n) is 3.05. The average Bonchev–Trinajstić information content (AvgIpc) is 2.97. The Morgan fingerprint density at radius 2 is 2.17 bits per heavy atom. The van der Waals surface area contributed by atoms with Crippen LogP contribution in [0.4, 0.5) is 0 Å². The maximum atomic E-state index is 13.1. The van der Waals surface area contributed by atoms with E-state index in [1.165, 1.54) is 0 Å². The molecule has 5 heteroatoms. The van der Waals surface area contributed by atoms with Gasteiger partial charge in [-0.1, -0.05) is 19.9 Å². The third-order valence-corrected chi connectivity index (χ3v) is 5.74. The molecular formula is C18H23N3OS. The van der Waals surface area contributed by atoms with Gasteiger partial charge in [0.15, 0.2) is 0 Å². The number of hydrogen-bond acceptors (Lipinski definition) is 4. The van der Waals surface area contributed by atoms with Gasteiger partial charge in [-0.05, 0) is 38.3 Å². The summed E-state index contributed by atoms with van der Waals surface area (Å²) in [4.78, 5) is 25.0. The van der Waals surface area contributed by atoms with Gasteiger partial charge in [0.2, 0.25) is 0 Å². The predicted octanol–water partition coefficient (Wildman–Crippen LogP) is 4.34. The summed E-state index contributed by atoms with van der Waals surface area (Å²) in [6.07, 6.45) is 4.99.